The maximum Gasteiger partial charge on any atom is 0.355 e. The van der Waals surface area contributed by atoms with Gasteiger partial charge in [-0.25, -0.2) is 4.79 Å². The van der Waals surface area contributed by atoms with Crippen LogP contribution in [0.4, 0.5) is 0 Å². The van der Waals surface area contributed by atoms with Crippen LogP contribution in [-0.4, -0.2) is 22.8 Å². The molecule has 1 aromatic carbocycles. The van der Waals surface area contributed by atoms with Crippen LogP contribution in [0.1, 0.15) is 82.1 Å². The van der Waals surface area contributed by atoms with Crippen molar-refractivity contribution in [1.82, 2.24) is 4.98 Å². The second-order valence-electron chi connectivity index (χ2n) is 7.69. The number of fused-ring (bicyclic) bond motifs is 1. The van der Waals surface area contributed by atoms with Crippen LogP contribution in [0.25, 0.3) is 0 Å². The summed E-state index contributed by atoms with van der Waals surface area (Å²) in [7, 11) is 0. The molecule has 1 fully saturated rings. The SMILES string of the molecule is Cc1c(C(=O)OC2CCCCC2)[nH]c2c1C(=O)C[C@H](c1ccccc1Cl)C2. The summed E-state index contributed by atoms with van der Waals surface area (Å²) in [5.74, 6) is -0.249. The molecule has 142 valence electrons. The number of hydrogen-bond acceptors (Lipinski definition) is 3. The molecule has 2 aliphatic carbocycles. The van der Waals surface area contributed by atoms with Crippen molar-refractivity contribution in [3.63, 3.8) is 0 Å². The molecular formula is C22H24ClNO3. The number of halogens is 1. The quantitative estimate of drug-likeness (QED) is 0.721. The van der Waals surface area contributed by atoms with Gasteiger partial charge in [0.15, 0.2) is 5.78 Å². The monoisotopic (exact) mass is 385 g/mol. The van der Waals surface area contributed by atoms with E-state index in [1.165, 1.54) is 6.42 Å². The Labute approximate surface area is 164 Å². The van der Waals surface area contributed by atoms with Gasteiger partial charge in [-0.3, -0.25) is 4.79 Å². The van der Waals surface area contributed by atoms with Gasteiger partial charge in [0.25, 0.3) is 0 Å². The minimum atomic E-state index is -0.337. The summed E-state index contributed by atoms with van der Waals surface area (Å²) >= 11 is 6.33. The van der Waals surface area contributed by atoms with Crippen LogP contribution in [-0.2, 0) is 11.2 Å². The number of esters is 1. The smallest absolute Gasteiger partial charge is 0.355 e. The minimum Gasteiger partial charge on any atom is -0.458 e. The van der Waals surface area contributed by atoms with Crippen molar-refractivity contribution in [2.75, 3.05) is 0 Å². The molecule has 1 saturated carbocycles. The molecule has 0 radical (unpaired) electrons. The first-order valence-electron chi connectivity index (χ1n) is 9.74. The molecule has 1 aromatic heterocycles. The number of rotatable bonds is 3. The van der Waals surface area contributed by atoms with Gasteiger partial charge in [-0.15, -0.1) is 0 Å². The number of carbonyl (C=O) groups excluding carboxylic acids is 2. The van der Waals surface area contributed by atoms with Crippen LogP contribution in [0, 0.1) is 6.92 Å². The molecule has 2 aromatic rings. The number of ether oxygens (including phenoxy) is 1. The second kappa shape index (κ2) is 7.51. The summed E-state index contributed by atoms with van der Waals surface area (Å²) in [6.07, 6.45) is 6.36. The van der Waals surface area contributed by atoms with Crippen LogP contribution in [0.3, 0.4) is 0 Å². The lowest BCUT2D eigenvalue weighted by Crippen LogP contribution is -2.21. The summed E-state index contributed by atoms with van der Waals surface area (Å²) in [6, 6.07) is 7.65. The third-order valence-electron chi connectivity index (χ3n) is 5.86. The number of nitrogens with one attached hydrogen (secondary N) is 1. The zero-order valence-electron chi connectivity index (χ0n) is 15.5. The summed E-state index contributed by atoms with van der Waals surface area (Å²) in [5.41, 5.74) is 3.61. The van der Waals surface area contributed by atoms with Gasteiger partial charge >= 0.3 is 5.97 Å². The largest absolute Gasteiger partial charge is 0.458 e. The van der Waals surface area contributed by atoms with Crippen molar-refractivity contribution in [1.29, 1.82) is 0 Å². The van der Waals surface area contributed by atoms with E-state index in [4.69, 9.17) is 16.3 Å². The van der Waals surface area contributed by atoms with Crippen LogP contribution in [0.2, 0.25) is 5.02 Å². The first-order valence-corrected chi connectivity index (χ1v) is 10.1. The lowest BCUT2D eigenvalue weighted by molar-refractivity contribution is 0.0204. The number of aromatic amines is 1. The highest BCUT2D eigenvalue weighted by Gasteiger charge is 2.33. The summed E-state index contributed by atoms with van der Waals surface area (Å²) < 4.78 is 5.70. The molecule has 0 unspecified atom stereocenters. The van der Waals surface area contributed by atoms with Crippen LogP contribution < -0.4 is 0 Å². The summed E-state index contributed by atoms with van der Waals surface area (Å²) in [4.78, 5) is 28.7. The van der Waals surface area contributed by atoms with Crippen molar-refractivity contribution in [3.8, 4) is 0 Å². The topological polar surface area (TPSA) is 59.2 Å². The Kier molecular flexibility index (Phi) is 5.09. The van der Waals surface area contributed by atoms with E-state index >= 15 is 0 Å². The van der Waals surface area contributed by atoms with Crippen molar-refractivity contribution in [3.05, 3.63) is 57.4 Å². The number of ketones is 1. The van der Waals surface area contributed by atoms with E-state index in [1.54, 1.807) is 0 Å². The van der Waals surface area contributed by atoms with Gasteiger partial charge in [0.1, 0.15) is 11.8 Å². The molecule has 0 aliphatic heterocycles. The van der Waals surface area contributed by atoms with E-state index in [2.05, 4.69) is 4.98 Å². The lowest BCUT2D eigenvalue weighted by atomic mass is 9.81. The molecule has 1 N–H and O–H groups in total. The molecule has 2 aliphatic rings. The average Bonchev–Trinajstić information content (AvgIpc) is 3.00. The molecule has 27 heavy (non-hydrogen) atoms. The highest BCUT2D eigenvalue weighted by Crippen LogP contribution is 2.37. The van der Waals surface area contributed by atoms with Crippen LogP contribution >= 0.6 is 11.6 Å². The number of Topliss-reactive ketones (excluding diaryl/α,β-unsaturated/α-hetero) is 1. The second-order valence-corrected chi connectivity index (χ2v) is 8.10. The predicted molar refractivity (Wildman–Crippen MR) is 105 cm³/mol. The van der Waals surface area contributed by atoms with Crippen LogP contribution in [0.5, 0.6) is 0 Å². The van der Waals surface area contributed by atoms with E-state index in [9.17, 15) is 9.59 Å². The average molecular weight is 386 g/mol. The number of aromatic nitrogens is 1. The van der Waals surface area contributed by atoms with Gasteiger partial charge in [0.2, 0.25) is 0 Å². The predicted octanol–water partition coefficient (Wildman–Crippen LogP) is 5.38. The Morgan fingerprint density at radius 3 is 2.63 bits per heavy atom. The van der Waals surface area contributed by atoms with Gasteiger partial charge in [0.05, 0.1) is 0 Å². The van der Waals surface area contributed by atoms with Crippen molar-refractivity contribution in [2.45, 2.75) is 63.9 Å². The number of carbonyl (C=O) groups is 2. The fraction of sp³-hybridized carbons (Fsp3) is 0.455. The van der Waals surface area contributed by atoms with Gasteiger partial charge in [0, 0.05) is 22.7 Å². The molecule has 4 rings (SSSR count). The molecule has 0 amide bonds. The normalized spacial score (nSPS) is 20.4. The van der Waals surface area contributed by atoms with Crippen molar-refractivity contribution >= 4 is 23.4 Å². The molecule has 4 nitrogen and oxygen atoms in total. The maximum atomic E-state index is 12.8. The Bertz CT molecular complexity index is 880. The Balaban J connectivity index is 1.58. The molecule has 5 heteroatoms. The number of benzene rings is 1. The third-order valence-corrected chi connectivity index (χ3v) is 6.21. The van der Waals surface area contributed by atoms with Gasteiger partial charge in [-0.05, 0) is 62.1 Å². The van der Waals surface area contributed by atoms with E-state index < -0.39 is 0 Å². The van der Waals surface area contributed by atoms with Gasteiger partial charge < -0.3 is 9.72 Å². The fourth-order valence-electron chi connectivity index (χ4n) is 4.46. The maximum absolute atomic E-state index is 12.8. The Morgan fingerprint density at radius 2 is 1.89 bits per heavy atom. The minimum absolute atomic E-state index is 0.00227. The Hall–Kier alpha value is -2.07. The number of H-pyrrole nitrogens is 1. The molecule has 1 heterocycles. The Morgan fingerprint density at radius 1 is 1.15 bits per heavy atom. The van der Waals surface area contributed by atoms with Gasteiger partial charge in [-0.2, -0.15) is 0 Å². The third kappa shape index (κ3) is 3.55. The summed E-state index contributed by atoms with van der Waals surface area (Å²) in [6.45, 7) is 1.83. The molecule has 0 saturated heterocycles. The van der Waals surface area contributed by atoms with E-state index in [1.807, 2.05) is 31.2 Å². The highest BCUT2D eigenvalue weighted by molar-refractivity contribution is 6.31. The van der Waals surface area contributed by atoms with Crippen molar-refractivity contribution in [2.24, 2.45) is 0 Å². The fourth-order valence-corrected chi connectivity index (χ4v) is 4.75. The summed E-state index contributed by atoms with van der Waals surface area (Å²) in [5, 5.41) is 0.680. The molecule has 0 spiro atoms. The van der Waals surface area contributed by atoms with E-state index in [0.717, 1.165) is 36.9 Å². The number of hydrogen-bond donors (Lipinski definition) is 1. The molecule has 0 bridgehead atoms. The zero-order chi connectivity index (χ0) is 19.0. The highest BCUT2D eigenvalue weighted by atomic mass is 35.5. The molecular weight excluding hydrogens is 362 g/mol. The van der Waals surface area contributed by atoms with E-state index in [-0.39, 0.29) is 23.8 Å². The molecule has 1 atom stereocenters. The zero-order valence-corrected chi connectivity index (χ0v) is 16.3. The van der Waals surface area contributed by atoms with Crippen molar-refractivity contribution < 1.29 is 14.3 Å². The first kappa shape index (κ1) is 18.3. The first-order chi connectivity index (χ1) is 13.0. The van der Waals surface area contributed by atoms with E-state index in [0.29, 0.717) is 34.7 Å². The van der Waals surface area contributed by atoms with Crippen LogP contribution in [0.15, 0.2) is 24.3 Å². The lowest BCUT2D eigenvalue weighted by Gasteiger charge is -2.22. The van der Waals surface area contributed by atoms with Gasteiger partial charge in [-0.1, -0.05) is 36.2 Å². The standard InChI is InChI=1S/C22H24ClNO3/c1-13-20-18(24-21(13)22(26)27-15-7-3-2-4-8-15)11-14(12-19(20)25)16-9-5-6-10-17(16)23/h5-6,9-10,14-15,24H,2-4,7-8,11-12H2,1H3/t14-/m1/s1.